The molecule has 1 amide bonds. The Labute approximate surface area is 125 Å². The minimum absolute atomic E-state index is 0.399. The lowest BCUT2D eigenvalue weighted by Crippen LogP contribution is -2.48. The number of nitrogens with two attached hydrogens (primary N) is 2. The molecule has 1 fully saturated rings. The second kappa shape index (κ2) is 6.57. The van der Waals surface area contributed by atoms with Gasteiger partial charge in [0.25, 0.3) is 0 Å². The van der Waals surface area contributed by atoms with Crippen LogP contribution in [0.3, 0.4) is 0 Å². The maximum absolute atomic E-state index is 11.1. The molecule has 1 aromatic rings. The molecule has 1 aliphatic heterocycles. The van der Waals surface area contributed by atoms with Gasteiger partial charge in [0.15, 0.2) is 0 Å². The molecule has 0 bridgehead atoms. The zero-order chi connectivity index (χ0) is 14.7. The third-order valence-electron chi connectivity index (χ3n) is 4.18. The van der Waals surface area contributed by atoms with Gasteiger partial charge in [-0.3, -0.25) is 9.69 Å². The van der Waals surface area contributed by atoms with E-state index < -0.39 is 5.91 Å². The highest BCUT2D eigenvalue weighted by Crippen LogP contribution is 2.26. The number of carbonyl (C=O) groups is 1. The average molecular weight is 296 g/mol. The van der Waals surface area contributed by atoms with Crippen LogP contribution in [-0.2, 0) is 6.54 Å². The number of likely N-dealkylation sites (tertiary alicyclic amines) is 1. The summed E-state index contributed by atoms with van der Waals surface area (Å²) in [5.74, 6) is 0.155. The van der Waals surface area contributed by atoms with Gasteiger partial charge in [0.2, 0.25) is 5.91 Å². The average Bonchev–Trinajstić information content (AvgIpc) is 2.41. The third-order valence-corrected chi connectivity index (χ3v) is 4.54. The van der Waals surface area contributed by atoms with E-state index in [2.05, 4.69) is 11.8 Å². The number of nitrogens with zero attached hydrogens (tertiary/aromatic N) is 1. The van der Waals surface area contributed by atoms with Gasteiger partial charge in [-0.15, -0.1) is 0 Å². The van der Waals surface area contributed by atoms with Crippen LogP contribution in [-0.4, -0.2) is 29.9 Å². The monoisotopic (exact) mass is 295 g/mol. The number of rotatable bonds is 4. The number of benzene rings is 1. The Balaban J connectivity index is 2.14. The Morgan fingerprint density at radius 1 is 1.50 bits per heavy atom. The molecule has 1 saturated heterocycles. The van der Waals surface area contributed by atoms with Crippen LogP contribution in [0, 0.1) is 5.92 Å². The largest absolute Gasteiger partial charge is 0.366 e. The summed E-state index contributed by atoms with van der Waals surface area (Å²) < 4.78 is 0. The van der Waals surface area contributed by atoms with Gasteiger partial charge < -0.3 is 11.5 Å². The zero-order valence-electron chi connectivity index (χ0n) is 11.8. The lowest BCUT2D eigenvalue weighted by molar-refractivity contribution is 0.0989. The molecule has 4 nitrogen and oxygen atoms in total. The molecule has 2 atom stereocenters. The van der Waals surface area contributed by atoms with E-state index in [1.54, 1.807) is 12.1 Å². The van der Waals surface area contributed by atoms with Gasteiger partial charge in [-0.05, 0) is 43.0 Å². The van der Waals surface area contributed by atoms with Gasteiger partial charge >= 0.3 is 0 Å². The maximum Gasteiger partial charge on any atom is 0.248 e. The molecule has 2 unspecified atom stereocenters. The summed E-state index contributed by atoms with van der Waals surface area (Å²) in [6.07, 6.45) is 2.42. The van der Waals surface area contributed by atoms with Crippen molar-refractivity contribution in [2.75, 3.05) is 13.1 Å². The summed E-state index contributed by atoms with van der Waals surface area (Å²) in [4.78, 5) is 13.5. The topological polar surface area (TPSA) is 72.3 Å². The van der Waals surface area contributed by atoms with Gasteiger partial charge in [-0.2, -0.15) is 0 Å². The predicted octanol–water partition coefficient (Wildman–Crippen LogP) is 2.00. The number of hydrogen-bond donors (Lipinski definition) is 2. The summed E-state index contributed by atoms with van der Waals surface area (Å²) in [5.41, 5.74) is 12.6. The molecule has 5 heteroatoms. The van der Waals surface area contributed by atoms with Crippen LogP contribution >= 0.6 is 11.6 Å². The van der Waals surface area contributed by atoms with E-state index in [4.69, 9.17) is 23.1 Å². The minimum atomic E-state index is -0.454. The highest BCUT2D eigenvalue weighted by atomic mass is 35.5. The van der Waals surface area contributed by atoms with Gasteiger partial charge in [-0.1, -0.05) is 24.6 Å². The summed E-state index contributed by atoms with van der Waals surface area (Å²) in [6.45, 7) is 4.73. The third kappa shape index (κ3) is 3.32. The zero-order valence-corrected chi connectivity index (χ0v) is 12.6. The molecule has 4 N–H and O–H groups in total. The van der Waals surface area contributed by atoms with Gasteiger partial charge in [0.05, 0.1) is 0 Å². The van der Waals surface area contributed by atoms with Crippen LogP contribution in [0.1, 0.15) is 35.7 Å². The van der Waals surface area contributed by atoms with Crippen molar-refractivity contribution in [3.05, 3.63) is 34.3 Å². The minimum Gasteiger partial charge on any atom is -0.366 e. The quantitative estimate of drug-likeness (QED) is 0.892. The molecule has 110 valence electrons. The standard InChI is InChI=1S/C15H22ClN3O/c1-10-3-2-6-19(14(10)8-17)9-12-5-4-11(15(18)20)7-13(12)16/h4-5,7,10,14H,2-3,6,8-9,17H2,1H3,(H2,18,20). The molecular formula is C15H22ClN3O. The lowest BCUT2D eigenvalue weighted by atomic mass is 9.90. The maximum atomic E-state index is 11.1. The molecule has 0 saturated carbocycles. The fraction of sp³-hybridized carbons (Fsp3) is 0.533. The Morgan fingerprint density at radius 3 is 2.85 bits per heavy atom. The van der Waals surface area contributed by atoms with Crippen molar-refractivity contribution in [2.45, 2.75) is 32.4 Å². The van der Waals surface area contributed by atoms with E-state index in [1.807, 2.05) is 6.07 Å². The number of hydrogen-bond acceptors (Lipinski definition) is 3. The number of carbonyl (C=O) groups excluding carboxylic acids is 1. The molecule has 1 aromatic carbocycles. The molecule has 0 spiro atoms. The molecule has 2 rings (SSSR count). The fourth-order valence-corrected chi connectivity index (χ4v) is 3.20. The van der Waals surface area contributed by atoms with Gasteiger partial charge in [0.1, 0.15) is 0 Å². The van der Waals surface area contributed by atoms with E-state index in [1.165, 1.54) is 12.8 Å². The van der Waals surface area contributed by atoms with Crippen molar-refractivity contribution < 1.29 is 4.79 Å². The normalized spacial score (nSPS) is 23.8. The van der Waals surface area contributed by atoms with E-state index in [-0.39, 0.29) is 0 Å². The number of piperidine rings is 1. The molecule has 20 heavy (non-hydrogen) atoms. The summed E-state index contributed by atoms with van der Waals surface area (Å²) in [7, 11) is 0. The second-order valence-electron chi connectivity index (χ2n) is 5.56. The van der Waals surface area contributed by atoms with Crippen LogP contribution in [0.4, 0.5) is 0 Å². The van der Waals surface area contributed by atoms with E-state index >= 15 is 0 Å². The van der Waals surface area contributed by atoms with Crippen LogP contribution in [0.15, 0.2) is 18.2 Å². The predicted molar refractivity (Wildman–Crippen MR) is 81.6 cm³/mol. The van der Waals surface area contributed by atoms with Crippen LogP contribution in [0.5, 0.6) is 0 Å². The highest BCUT2D eigenvalue weighted by Gasteiger charge is 2.27. The van der Waals surface area contributed by atoms with E-state index in [9.17, 15) is 4.79 Å². The van der Waals surface area contributed by atoms with Crippen molar-refractivity contribution in [2.24, 2.45) is 17.4 Å². The first-order valence-electron chi connectivity index (χ1n) is 7.05. The highest BCUT2D eigenvalue weighted by molar-refractivity contribution is 6.31. The van der Waals surface area contributed by atoms with Crippen molar-refractivity contribution in [3.8, 4) is 0 Å². The Kier molecular flexibility index (Phi) is 5.02. The SMILES string of the molecule is CC1CCCN(Cc2ccc(C(N)=O)cc2Cl)C1CN. The van der Waals surface area contributed by atoms with Crippen molar-refractivity contribution in [1.82, 2.24) is 4.90 Å². The molecule has 1 heterocycles. The van der Waals surface area contributed by atoms with Crippen molar-refractivity contribution >= 4 is 17.5 Å². The number of amides is 1. The van der Waals surface area contributed by atoms with Crippen molar-refractivity contribution in [3.63, 3.8) is 0 Å². The molecular weight excluding hydrogens is 274 g/mol. The van der Waals surface area contributed by atoms with E-state index in [0.29, 0.717) is 29.1 Å². The number of halogens is 1. The first-order valence-corrected chi connectivity index (χ1v) is 7.43. The second-order valence-corrected chi connectivity index (χ2v) is 5.97. The first-order chi connectivity index (χ1) is 9.52. The van der Waals surface area contributed by atoms with Gasteiger partial charge in [-0.25, -0.2) is 0 Å². The molecule has 1 aliphatic rings. The molecule has 0 radical (unpaired) electrons. The fourth-order valence-electron chi connectivity index (χ4n) is 2.96. The van der Waals surface area contributed by atoms with E-state index in [0.717, 1.165) is 18.7 Å². The molecule has 0 aromatic heterocycles. The smallest absolute Gasteiger partial charge is 0.248 e. The lowest BCUT2D eigenvalue weighted by Gasteiger charge is -2.39. The molecule has 0 aliphatic carbocycles. The Bertz CT molecular complexity index is 492. The number of primary amides is 1. The van der Waals surface area contributed by atoms with Crippen LogP contribution in [0.25, 0.3) is 0 Å². The Morgan fingerprint density at radius 2 is 2.25 bits per heavy atom. The van der Waals surface area contributed by atoms with Gasteiger partial charge in [0, 0.05) is 29.7 Å². The summed E-state index contributed by atoms with van der Waals surface area (Å²) in [6, 6.07) is 5.66. The summed E-state index contributed by atoms with van der Waals surface area (Å²) in [5, 5.41) is 0.593. The van der Waals surface area contributed by atoms with Crippen molar-refractivity contribution in [1.29, 1.82) is 0 Å². The van der Waals surface area contributed by atoms with Crippen LogP contribution < -0.4 is 11.5 Å². The first kappa shape index (κ1) is 15.3. The van der Waals surface area contributed by atoms with Crippen LogP contribution in [0.2, 0.25) is 5.02 Å². The summed E-state index contributed by atoms with van der Waals surface area (Å²) >= 11 is 6.25. The Hall–Kier alpha value is -1.10.